The SMILES string of the molecule is Nc1cc[nH+]cn1. The molecular weight excluding hydrogens is 90.1 g/mol. The standard InChI is InChI=1S/C4H5N3/c5-4-1-2-6-3-7-4/h1-3H,(H2,5,6,7)/p+1. The Hall–Kier alpha value is -1.12. The van der Waals surface area contributed by atoms with E-state index in [0.29, 0.717) is 5.82 Å². The first-order valence-corrected chi connectivity index (χ1v) is 1.97. The summed E-state index contributed by atoms with van der Waals surface area (Å²) in [7, 11) is 0. The van der Waals surface area contributed by atoms with Gasteiger partial charge in [-0.15, -0.1) is 0 Å². The molecule has 1 heterocycles. The van der Waals surface area contributed by atoms with Gasteiger partial charge in [0.15, 0.2) is 0 Å². The maximum atomic E-state index is 5.23. The van der Waals surface area contributed by atoms with Gasteiger partial charge in [0.25, 0.3) is 6.33 Å². The molecule has 36 valence electrons. The highest BCUT2D eigenvalue weighted by Gasteiger charge is 1.84. The average Bonchev–Trinajstić information content (AvgIpc) is 1.69. The van der Waals surface area contributed by atoms with Gasteiger partial charge in [0, 0.05) is 6.07 Å². The van der Waals surface area contributed by atoms with E-state index < -0.39 is 0 Å². The van der Waals surface area contributed by atoms with E-state index in [1.807, 2.05) is 0 Å². The minimum absolute atomic E-state index is 0.541. The van der Waals surface area contributed by atoms with Gasteiger partial charge in [-0.2, -0.15) is 0 Å². The molecule has 0 saturated heterocycles. The average molecular weight is 96.1 g/mol. The Morgan fingerprint density at radius 2 is 2.57 bits per heavy atom. The minimum atomic E-state index is 0.541. The summed E-state index contributed by atoms with van der Waals surface area (Å²) in [6.07, 6.45) is 3.26. The van der Waals surface area contributed by atoms with E-state index in [-0.39, 0.29) is 0 Å². The molecule has 1 aromatic heterocycles. The number of rotatable bonds is 0. The topological polar surface area (TPSA) is 53.0 Å². The lowest BCUT2D eigenvalue weighted by Gasteiger charge is -1.73. The largest absolute Gasteiger partial charge is 0.363 e. The third-order valence-corrected chi connectivity index (χ3v) is 0.638. The molecular formula is C4H6N3+. The second kappa shape index (κ2) is 1.55. The molecule has 0 radical (unpaired) electrons. The molecule has 0 aromatic carbocycles. The van der Waals surface area contributed by atoms with Crippen molar-refractivity contribution in [3.8, 4) is 0 Å². The van der Waals surface area contributed by atoms with Crippen molar-refractivity contribution in [2.45, 2.75) is 0 Å². The molecule has 0 aliphatic carbocycles. The molecule has 3 heteroatoms. The summed E-state index contributed by atoms with van der Waals surface area (Å²) in [5, 5.41) is 0. The lowest BCUT2D eigenvalue weighted by atomic mass is 10.6. The molecule has 3 nitrogen and oxygen atoms in total. The third-order valence-electron chi connectivity index (χ3n) is 0.638. The molecule has 0 aliphatic heterocycles. The number of hydrogen-bond acceptors (Lipinski definition) is 2. The first-order valence-electron chi connectivity index (χ1n) is 1.97. The Bertz CT molecular complexity index is 137. The van der Waals surface area contributed by atoms with Gasteiger partial charge in [0.05, 0.1) is 6.20 Å². The van der Waals surface area contributed by atoms with Crippen molar-refractivity contribution in [1.29, 1.82) is 0 Å². The smallest absolute Gasteiger partial charge is 0.286 e. The molecule has 0 fully saturated rings. The van der Waals surface area contributed by atoms with Crippen LogP contribution in [0.15, 0.2) is 18.6 Å². The van der Waals surface area contributed by atoms with Crippen LogP contribution in [0.25, 0.3) is 0 Å². The van der Waals surface area contributed by atoms with Gasteiger partial charge in [-0.3, -0.25) is 4.98 Å². The Balaban J connectivity index is 3.02. The number of nitrogens with two attached hydrogens (primary N) is 1. The number of nitrogens with one attached hydrogen (secondary N) is 1. The molecule has 0 amide bonds. The van der Waals surface area contributed by atoms with Crippen molar-refractivity contribution in [2.75, 3.05) is 5.73 Å². The first-order chi connectivity index (χ1) is 3.39. The Labute approximate surface area is 41.2 Å². The van der Waals surface area contributed by atoms with Gasteiger partial charge in [-0.05, 0) is 4.98 Å². The Morgan fingerprint density at radius 3 is 2.86 bits per heavy atom. The quantitative estimate of drug-likeness (QED) is 0.472. The fourth-order valence-electron chi connectivity index (χ4n) is 0.331. The highest BCUT2D eigenvalue weighted by Crippen LogP contribution is 1.83. The Morgan fingerprint density at radius 1 is 1.71 bits per heavy atom. The second-order valence-corrected chi connectivity index (χ2v) is 1.18. The number of nitrogens with zero attached hydrogens (tertiary/aromatic N) is 1. The molecule has 0 bridgehead atoms. The molecule has 3 N–H and O–H groups in total. The molecule has 0 saturated carbocycles. The van der Waals surface area contributed by atoms with E-state index in [1.54, 1.807) is 12.3 Å². The lowest BCUT2D eigenvalue weighted by Crippen LogP contribution is -2.01. The van der Waals surface area contributed by atoms with Crippen LogP contribution in [0.1, 0.15) is 0 Å². The predicted molar refractivity (Wildman–Crippen MR) is 25.2 cm³/mol. The highest BCUT2D eigenvalue weighted by atomic mass is 14.9. The van der Waals surface area contributed by atoms with Crippen LogP contribution in [0.5, 0.6) is 0 Å². The summed E-state index contributed by atoms with van der Waals surface area (Å²) in [6, 6.07) is 1.69. The van der Waals surface area contributed by atoms with Crippen LogP contribution < -0.4 is 10.7 Å². The maximum absolute atomic E-state index is 5.23. The number of hydrogen-bond donors (Lipinski definition) is 1. The molecule has 1 rings (SSSR count). The zero-order chi connectivity index (χ0) is 5.11. The second-order valence-electron chi connectivity index (χ2n) is 1.18. The first kappa shape index (κ1) is 4.05. The summed E-state index contributed by atoms with van der Waals surface area (Å²) >= 11 is 0. The van der Waals surface area contributed by atoms with Gasteiger partial charge < -0.3 is 5.73 Å². The molecule has 0 aliphatic rings. The fourth-order valence-corrected chi connectivity index (χ4v) is 0.331. The summed E-state index contributed by atoms with van der Waals surface area (Å²) in [4.78, 5) is 6.44. The molecule has 1 aromatic rings. The Kier molecular flexibility index (Phi) is 0.898. The number of anilines is 1. The van der Waals surface area contributed by atoms with Crippen molar-refractivity contribution >= 4 is 5.82 Å². The van der Waals surface area contributed by atoms with E-state index in [4.69, 9.17) is 5.73 Å². The van der Waals surface area contributed by atoms with E-state index in [1.165, 1.54) is 6.33 Å². The van der Waals surface area contributed by atoms with Crippen molar-refractivity contribution < 1.29 is 4.98 Å². The maximum Gasteiger partial charge on any atom is 0.286 e. The van der Waals surface area contributed by atoms with Gasteiger partial charge in [0.2, 0.25) is 5.82 Å². The van der Waals surface area contributed by atoms with E-state index >= 15 is 0 Å². The van der Waals surface area contributed by atoms with Gasteiger partial charge in [0.1, 0.15) is 0 Å². The van der Waals surface area contributed by atoms with Gasteiger partial charge in [-0.25, -0.2) is 0 Å². The summed E-state index contributed by atoms with van der Waals surface area (Å²) in [5.74, 6) is 0.541. The van der Waals surface area contributed by atoms with Crippen LogP contribution >= 0.6 is 0 Å². The predicted octanol–water partition coefficient (Wildman–Crippen LogP) is -0.522. The van der Waals surface area contributed by atoms with Crippen LogP contribution in [-0.2, 0) is 0 Å². The highest BCUT2D eigenvalue weighted by molar-refractivity contribution is 5.21. The van der Waals surface area contributed by atoms with Crippen LogP contribution in [0.3, 0.4) is 0 Å². The molecule has 0 unspecified atom stereocenters. The molecule has 0 atom stereocenters. The van der Waals surface area contributed by atoms with Crippen molar-refractivity contribution in [3.63, 3.8) is 0 Å². The van der Waals surface area contributed by atoms with E-state index in [9.17, 15) is 0 Å². The molecule has 7 heavy (non-hydrogen) atoms. The van der Waals surface area contributed by atoms with Gasteiger partial charge in [-0.1, -0.05) is 0 Å². The zero-order valence-corrected chi connectivity index (χ0v) is 3.76. The third kappa shape index (κ3) is 0.855. The van der Waals surface area contributed by atoms with Crippen molar-refractivity contribution in [2.24, 2.45) is 0 Å². The number of H-pyrrole nitrogens is 1. The van der Waals surface area contributed by atoms with Crippen molar-refractivity contribution in [3.05, 3.63) is 18.6 Å². The number of aromatic nitrogens is 2. The lowest BCUT2D eigenvalue weighted by molar-refractivity contribution is -0.382. The monoisotopic (exact) mass is 96.1 g/mol. The van der Waals surface area contributed by atoms with Crippen molar-refractivity contribution in [1.82, 2.24) is 4.98 Å². The number of aromatic amines is 1. The minimum Gasteiger partial charge on any atom is -0.363 e. The van der Waals surface area contributed by atoms with E-state index in [0.717, 1.165) is 0 Å². The summed E-state index contributed by atoms with van der Waals surface area (Å²) in [6.45, 7) is 0. The van der Waals surface area contributed by atoms with Gasteiger partial charge >= 0.3 is 0 Å². The van der Waals surface area contributed by atoms with Crippen LogP contribution in [0, 0.1) is 0 Å². The van der Waals surface area contributed by atoms with E-state index in [2.05, 4.69) is 9.97 Å². The fraction of sp³-hybridized carbons (Fsp3) is 0. The number of nitrogen functional groups attached to an aromatic ring is 1. The molecule has 0 spiro atoms. The zero-order valence-electron chi connectivity index (χ0n) is 3.76. The summed E-state index contributed by atoms with van der Waals surface area (Å²) < 4.78 is 0. The summed E-state index contributed by atoms with van der Waals surface area (Å²) in [5.41, 5.74) is 5.23. The van der Waals surface area contributed by atoms with Crippen LogP contribution in [-0.4, -0.2) is 4.98 Å². The van der Waals surface area contributed by atoms with Crippen LogP contribution in [0.2, 0.25) is 0 Å². The normalized spacial score (nSPS) is 8.57. The van der Waals surface area contributed by atoms with Crippen LogP contribution in [0.4, 0.5) is 5.82 Å².